The molecule has 0 spiro atoms. The Balaban J connectivity index is 0.000000236. The van der Waals surface area contributed by atoms with Crippen LogP contribution >= 0.6 is 11.8 Å². The van der Waals surface area contributed by atoms with Crippen LogP contribution in [-0.4, -0.2) is 61.4 Å². The summed E-state index contributed by atoms with van der Waals surface area (Å²) in [6.07, 6.45) is 2.79. The van der Waals surface area contributed by atoms with E-state index < -0.39 is 10.8 Å². The van der Waals surface area contributed by atoms with Crippen LogP contribution in [0.1, 0.15) is 56.8 Å². The van der Waals surface area contributed by atoms with Gasteiger partial charge >= 0.3 is 0 Å². The van der Waals surface area contributed by atoms with Gasteiger partial charge in [0.1, 0.15) is 23.1 Å². The van der Waals surface area contributed by atoms with Crippen LogP contribution in [0.4, 0.5) is 11.6 Å². The van der Waals surface area contributed by atoms with Crippen molar-refractivity contribution in [3.8, 4) is 11.5 Å². The molecular formula is C30H34N6O5S2. The first-order chi connectivity index (χ1) is 20.5. The lowest BCUT2D eigenvalue weighted by atomic mass is 10.0. The van der Waals surface area contributed by atoms with Crippen molar-refractivity contribution < 1.29 is 23.3 Å². The van der Waals surface area contributed by atoms with Gasteiger partial charge < -0.3 is 20.9 Å². The van der Waals surface area contributed by atoms with E-state index in [2.05, 4.69) is 19.9 Å². The van der Waals surface area contributed by atoms with Crippen molar-refractivity contribution in [1.29, 1.82) is 0 Å². The molecule has 1 unspecified atom stereocenters. The summed E-state index contributed by atoms with van der Waals surface area (Å²) in [5.74, 6) is 1.84. The number of carbonyl (C=O) groups is 2. The Bertz CT molecular complexity index is 1660. The van der Waals surface area contributed by atoms with Gasteiger partial charge in [-0.25, -0.2) is 19.9 Å². The average molecular weight is 623 g/mol. The molecule has 4 aromatic rings. The van der Waals surface area contributed by atoms with Crippen molar-refractivity contribution >= 4 is 45.8 Å². The van der Waals surface area contributed by atoms with E-state index in [0.717, 1.165) is 16.9 Å². The maximum Gasteiger partial charge on any atom is 0.220 e. The monoisotopic (exact) mass is 622 g/mol. The number of nitrogen functional groups attached to an aromatic ring is 2. The SMILES string of the molecule is CCS(=O)c1ncc(C(=O)c2cc(C)ccc2OC)c(N)n1.CCSc1ncc(C(=O)c2cc(C)ccc2OC)c(N)n1. The van der Waals surface area contributed by atoms with E-state index in [4.69, 9.17) is 20.9 Å². The minimum atomic E-state index is -1.31. The minimum absolute atomic E-state index is 0.0142. The second kappa shape index (κ2) is 15.2. The number of hydrogen-bond acceptors (Lipinski definition) is 12. The van der Waals surface area contributed by atoms with Crippen LogP contribution in [-0.2, 0) is 10.8 Å². The molecule has 13 heteroatoms. The van der Waals surface area contributed by atoms with Crippen LogP contribution in [0.3, 0.4) is 0 Å². The molecular weight excluding hydrogens is 589 g/mol. The number of nitrogens with two attached hydrogens (primary N) is 2. The Hall–Kier alpha value is -4.36. The van der Waals surface area contributed by atoms with E-state index >= 15 is 0 Å². The number of benzene rings is 2. The van der Waals surface area contributed by atoms with E-state index in [1.165, 1.54) is 38.4 Å². The number of rotatable bonds is 10. The molecule has 0 aliphatic carbocycles. The fraction of sp³-hybridized carbons (Fsp3) is 0.267. The van der Waals surface area contributed by atoms with Gasteiger partial charge in [0.15, 0.2) is 5.16 Å². The smallest absolute Gasteiger partial charge is 0.220 e. The van der Waals surface area contributed by atoms with E-state index in [9.17, 15) is 13.8 Å². The van der Waals surface area contributed by atoms with Crippen molar-refractivity contribution in [3.05, 3.63) is 82.2 Å². The van der Waals surface area contributed by atoms with E-state index in [-0.39, 0.29) is 33.9 Å². The third kappa shape index (κ3) is 8.14. The first-order valence-electron chi connectivity index (χ1n) is 13.2. The highest BCUT2D eigenvalue weighted by molar-refractivity contribution is 7.99. The van der Waals surface area contributed by atoms with Gasteiger partial charge in [0.2, 0.25) is 16.7 Å². The highest BCUT2D eigenvalue weighted by Crippen LogP contribution is 2.26. The molecule has 0 saturated carbocycles. The fourth-order valence-corrected chi connectivity index (χ4v) is 5.01. The molecule has 0 bridgehead atoms. The number of ether oxygens (including phenoxy) is 2. The molecule has 226 valence electrons. The highest BCUT2D eigenvalue weighted by atomic mass is 32.2. The van der Waals surface area contributed by atoms with E-state index in [0.29, 0.717) is 39.1 Å². The summed E-state index contributed by atoms with van der Waals surface area (Å²) < 4.78 is 22.1. The van der Waals surface area contributed by atoms with Crippen LogP contribution in [0, 0.1) is 13.8 Å². The van der Waals surface area contributed by atoms with Crippen molar-refractivity contribution in [3.63, 3.8) is 0 Å². The summed E-state index contributed by atoms with van der Waals surface area (Å²) in [5, 5.41) is 0.704. The predicted octanol–water partition coefficient (Wildman–Crippen LogP) is 4.45. The molecule has 2 heterocycles. The molecule has 2 aromatic carbocycles. The van der Waals surface area contributed by atoms with Crippen LogP contribution < -0.4 is 20.9 Å². The van der Waals surface area contributed by atoms with Gasteiger partial charge in [-0.2, -0.15) is 0 Å². The molecule has 0 radical (unpaired) electrons. The van der Waals surface area contributed by atoms with Crippen LogP contribution in [0.15, 0.2) is 59.1 Å². The molecule has 4 rings (SSSR count). The van der Waals surface area contributed by atoms with Crippen LogP contribution in [0.5, 0.6) is 11.5 Å². The number of nitrogens with zero attached hydrogens (tertiary/aromatic N) is 4. The zero-order valence-corrected chi connectivity index (χ0v) is 26.5. The standard InChI is InChI=1S/C15H17N3O3S.C15H17N3O2S/c1-4-22(20)15-17-8-11(14(16)18-15)13(19)10-7-9(2)5-6-12(10)21-3;1-4-21-15-17-8-11(14(16)18-15)13(19)10-7-9(2)5-6-12(10)20-3/h5-8H,4H2,1-3H3,(H2,16,17,18);5-8H,4H2,1-3H3,(H2,16,17,18). The summed E-state index contributed by atoms with van der Waals surface area (Å²) in [4.78, 5) is 41.5. The summed E-state index contributed by atoms with van der Waals surface area (Å²) in [5.41, 5.74) is 14.9. The Morgan fingerprint density at radius 2 is 1.28 bits per heavy atom. The Kier molecular flexibility index (Phi) is 11.7. The quantitative estimate of drug-likeness (QED) is 0.145. The number of anilines is 2. The molecule has 0 saturated heterocycles. The predicted molar refractivity (Wildman–Crippen MR) is 169 cm³/mol. The van der Waals surface area contributed by atoms with Crippen molar-refractivity contribution in [2.45, 2.75) is 38.0 Å². The number of carbonyl (C=O) groups excluding carboxylic acids is 2. The average Bonchev–Trinajstić information content (AvgIpc) is 3.00. The molecule has 4 N–H and O–H groups in total. The Labute approximate surface area is 257 Å². The first kappa shape index (κ1) is 33.1. The molecule has 0 aliphatic rings. The maximum atomic E-state index is 12.6. The lowest BCUT2D eigenvalue weighted by Gasteiger charge is -2.10. The third-order valence-electron chi connectivity index (χ3n) is 6.02. The lowest BCUT2D eigenvalue weighted by Crippen LogP contribution is -2.12. The van der Waals surface area contributed by atoms with Crippen LogP contribution in [0.25, 0.3) is 0 Å². The largest absolute Gasteiger partial charge is 0.496 e. The second-order valence-corrected chi connectivity index (χ2v) is 11.9. The normalized spacial score (nSPS) is 11.2. The number of ketones is 2. The topological polar surface area (TPSA) is 173 Å². The molecule has 2 aromatic heterocycles. The number of thioether (sulfide) groups is 1. The fourth-order valence-electron chi connectivity index (χ4n) is 3.83. The molecule has 1 atom stereocenters. The van der Waals surface area contributed by atoms with Gasteiger partial charge in [0.25, 0.3) is 0 Å². The molecule has 0 amide bonds. The van der Waals surface area contributed by atoms with Gasteiger partial charge in [0, 0.05) is 18.1 Å². The van der Waals surface area contributed by atoms with Crippen molar-refractivity contribution in [1.82, 2.24) is 19.9 Å². The summed E-state index contributed by atoms with van der Waals surface area (Å²) in [6.45, 7) is 7.55. The molecule has 11 nitrogen and oxygen atoms in total. The Morgan fingerprint density at radius 1 is 0.791 bits per heavy atom. The second-order valence-electron chi connectivity index (χ2n) is 9.04. The number of hydrogen-bond donors (Lipinski definition) is 2. The zero-order valence-electron chi connectivity index (χ0n) is 24.8. The Morgan fingerprint density at radius 3 is 1.70 bits per heavy atom. The maximum absolute atomic E-state index is 12.6. The van der Waals surface area contributed by atoms with Crippen molar-refractivity contribution in [2.75, 3.05) is 37.2 Å². The van der Waals surface area contributed by atoms with Crippen molar-refractivity contribution in [2.24, 2.45) is 0 Å². The first-order valence-corrected chi connectivity index (χ1v) is 15.5. The summed E-state index contributed by atoms with van der Waals surface area (Å²) in [7, 11) is 1.71. The van der Waals surface area contributed by atoms with E-state index in [1.807, 2.05) is 32.9 Å². The summed E-state index contributed by atoms with van der Waals surface area (Å²) >= 11 is 1.48. The number of aromatic nitrogens is 4. The summed E-state index contributed by atoms with van der Waals surface area (Å²) in [6, 6.07) is 10.7. The highest BCUT2D eigenvalue weighted by Gasteiger charge is 2.21. The lowest BCUT2D eigenvalue weighted by molar-refractivity contribution is 0.102. The van der Waals surface area contributed by atoms with E-state index in [1.54, 1.807) is 31.2 Å². The minimum Gasteiger partial charge on any atom is -0.496 e. The number of methoxy groups -OCH3 is 2. The zero-order chi connectivity index (χ0) is 31.7. The van der Waals surface area contributed by atoms with Gasteiger partial charge in [-0.3, -0.25) is 13.8 Å². The molecule has 43 heavy (non-hydrogen) atoms. The molecule has 0 aliphatic heterocycles. The van der Waals surface area contributed by atoms with Gasteiger partial charge in [-0.1, -0.05) is 48.9 Å². The molecule has 0 fully saturated rings. The van der Waals surface area contributed by atoms with Gasteiger partial charge in [0.05, 0.1) is 47.3 Å². The number of aryl methyl sites for hydroxylation is 2. The third-order valence-corrected chi connectivity index (χ3v) is 7.89. The van der Waals surface area contributed by atoms with Gasteiger partial charge in [-0.15, -0.1) is 0 Å². The van der Waals surface area contributed by atoms with Crippen LogP contribution in [0.2, 0.25) is 0 Å². The van der Waals surface area contributed by atoms with Gasteiger partial charge in [-0.05, 0) is 43.9 Å².